The molecular weight excluding hydrogens is 574 g/mol. The molecule has 1 amide bonds. The van der Waals surface area contributed by atoms with Crippen molar-refractivity contribution in [3.05, 3.63) is 51.3 Å². The van der Waals surface area contributed by atoms with Crippen molar-refractivity contribution in [1.29, 1.82) is 0 Å². The van der Waals surface area contributed by atoms with Crippen LogP contribution in [0.25, 0.3) is 0 Å². The van der Waals surface area contributed by atoms with Gasteiger partial charge in [0.15, 0.2) is 11.5 Å². The minimum absolute atomic E-state index is 0.0334. The topological polar surface area (TPSA) is 102 Å². The first-order valence-corrected chi connectivity index (χ1v) is 13.6. The van der Waals surface area contributed by atoms with Gasteiger partial charge in [-0.15, -0.1) is 0 Å². The average molecular weight is 604 g/mol. The summed E-state index contributed by atoms with van der Waals surface area (Å²) >= 11 is 12.3. The molecule has 1 saturated carbocycles. The van der Waals surface area contributed by atoms with Gasteiger partial charge in [-0.3, -0.25) is 19.1 Å². The number of nitrogens with zero attached hydrogens (tertiary/aromatic N) is 3. The maximum atomic E-state index is 14.4. The lowest BCUT2D eigenvalue weighted by atomic mass is 9.74. The van der Waals surface area contributed by atoms with Crippen LogP contribution in [0.1, 0.15) is 85.3 Å². The summed E-state index contributed by atoms with van der Waals surface area (Å²) in [5.74, 6) is -2.67. The number of ether oxygens (including phenoxy) is 1. The lowest BCUT2D eigenvalue weighted by molar-refractivity contribution is -0.187. The molecule has 2 aliphatic rings. The molecule has 13 heteroatoms. The highest BCUT2D eigenvalue weighted by Gasteiger charge is 2.46. The Balaban J connectivity index is 1.65. The third-order valence-corrected chi connectivity index (χ3v) is 8.34. The average Bonchev–Trinajstić information content (AvgIpc) is 3.28. The van der Waals surface area contributed by atoms with Gasteiger partial charge in [-0.25, -0.2) is 0 Å². The summed E-state index contributed by atoms with van der Waals surface area (Å²) in [7, 11) is 0. The smallest absolute Gasteiger partial charge is 0.433 e. The molecule has 8 nitrogen and oxygen atoms in total. The van der Waals surface area contributed by atoms with E-state index in [2.05, 4.69) is 5.10 Å². The van der Waals surface area contributed by atoms with E-state index in [9.17, 15) is 32.7 Å². The molecule has 1 aromatic carbocycles. The van der Waals surface area contributed by atoms with Gasteiger partial charge in [0.1, 0.15) is 0 Å². The van der Waals surface area contributed by atoms with Gasteiger partial charge < -0.3 is 14.7 Å². The van der Waals surface area contributed by atoms with Gasteiger partial charge in [-0.2, -0.15) is 18.3 Å². The van der Waals surface area contributed by atoms with E-state index in [-0.39, 0.29) is 47.8 Å². The molecule has 2 heterocycles. The Labute approximate surface area is 239 Å². The van der Waals surface area contributed by atoms with Gasteiger partial charge in [-0.1, -0.05) is 29.3 Å². The van der Waals surface area contributed by atoms with E-state index in [0.717, 1.165) is 15.8 Å². The molecule has 1 aromatic heterocycles. The van der Waals surface area contributed by atoms with E-state index in [1.54, 1.807) is 13.0 Å². The number of aromatic nitrogens is 2. The van der Waals surface area contributed by atoms with Crippen LogP contribution in [0.3, 0.4) is 0 Å². The molecule has 40 heavy (non-hydrogen) atoms. The number of carboxylic acids is 1. The zero-order valence-corrected chi connectivity index (χ0v) is 23.7. The lowest BCUT2D eigenvalue weighted by Crippen LogP contribution is -2.53. The van der Waals surface area contributed by atoms with Crippen LogP contribution in [-0.2, 0) is 15.7 Å². The first-order valence-electron chi connectivity index (χ1n) is 12.8. The summed E-state index contributed by atoms with van der Waals surface area (Å²) in [5, 5.41) is 13.5. The number of hydrogen-bond donors (Lipinski definition) is 1. The minimum Gasteiger partial charge on any atom is -0.481 e. The SMILES string of the molecule is CC1(C)C[C@@H](CN(CC(=O)c2c(Cl)cccc2Cl)C(=O)c2cnn([C@H]3CC[C@](C)(C(=O)O)CC3)c2C(F)(F)F)O1. The summed E-state index contributed by atoms with van der Waals surface area (Å²) in [6, 6.07) is 3.72. The Hall–Kier alpha value is -2.63. The van der Waals surface area contributed by atoms with E-state index in [0.29, 0.717) is 6.42 Å². The summed E-state index contributed by atoms with van der Waals surface area (Å²) in [4.78, 5) is 39.5. The summed E-state index contributed by atoms with van der Waals surface area (Å²) in [6.45, 7) is 4.55. The van der Waals surface area contributed by atoms with Crippen molar-refractivity contribution in [1.82, 2.24) is 14.7 Å². The van der Waals surface area contributed by atoms with Gasteiger partial charge in [0.05, 0.1) is 57.1 Å². The van der Waals surface area contributed by atoms with Crippen LogP contribution >= 0.6 is 23.2 Å². The van der Waals surface area contributed by atoms with Crippen LogP contribution in [0, 0.1) is 5.41 Å². The highest BCUT2D eigenvalue weighted by molar-refractivity contribution is 6.40. The van der Waals surface area contributed by atoms with E-state index < -0.39 is 64.8 Å². The highest BCUT2D eigenvalue weighted by atomic mass is 35.5. The molecule has 2 fully saturated rings. The van der Waals surface area contributed by atoms with Gasteiger partial charge in [-0.05, 0) is 58.6 Å². The fourth-order valence-corrected chi connectivity index (χ4v) is 6.13. The molecule has 0 spiro atoms. The first kappa shape index (κ1) is 30.3. The third kappa shape index (κ3) is 6.16. The van der Waals surface area contributed by atoms with Crippen molar-refractivity contribution in [2.24, 2.45) is 5.41 Å². The number of hydrogen-bond acceptors (Lipinski definition) is 5. The normalized spacial score (nSPS) is 24.3. The Morgan fingerprint density at radius 1 is 1.15 bits per heavy atom. The largest absolute Gasteiger partial charge is 0.481 e. The Morgan fingerprint density at radius 2 is 1.73 bits per heavy atom. The molecule has 0 unspecified atom stereocenters. The number of carboxylic acid groups (broad SMARTS) is 1. The quantitative estimate of drug-likeness (QED) is 0.355. The minimum atomic E-state index is -4.94. The molecule has 1 N–H and O–H groups in total. The monoisotopic (exact) mass is 603 g/mol. The van der Waals surface area contributed by atoms with E-state index in [1.807, 2.05) is 13.8 Å². The molecule has 1 saturated heterocycles. The second-order valence-corrected chi connectivity index (χ2v) is 12.2. The number of halogens is 5. The Morgan fingerprint density at radius 3 is 2.23 bits per heavy atom. The predicted octanol–water partition coefficient (Wildman–Crippen LogP) is 6.31. The second kappa shape index (κ2) is 11.0. The van der Waals surface area contributed by atoms with Crippen molar-refractivity contribution in [2.45, 2.75) is 76.8 Å². The summed E-state index contributed by atoms with van der Waals surface area (Å²) in [6.07, 6.45) is -3.38. The van der Waals surface area contributed by atoms with Crippen molar-refractivity contribution in [3.8, 4) is 0 Å². The number of alkyl halides is 3. The molecule has 218 valence electrons. The van der Waals surface area contributed by atoms with Crippen LogP contribution in [0.15, 0.2) is 24.4 Å². The molecule has 1 aliphatic heterocycles. The number of Topliss-reactive ketones (excluding diaryl/α,β-unsaturated/α-hetero) is 1. The standard InChI is InChI=1S/C27H30Cl2F3N3O5/c1-25(2)11-16(40-25)13-34(14-20(36)21-18(28)5-4-6-19(21)29)23(37)17-12-33-35(22(17)27(30,31)32)15-7-9-26(3,10-8-15)24(38)39/h4-6,12,15-16H,7-11,13-14H2,1-3H3,(H,38,39)/t15-,16-,26-/m0/s1. The number of aliphatic carboxylic acids is 1. The van der Waals surface area contributed by atoms with Crippen molar-refractivity contribution < 1.29 is 37.4 Å². The van der Waals surface area contributed by atoms with Crippen LogP contribution in [0.2, 0.25) is 10.0 Å². The van der Waals surface area contributed by atoms with Crippen LogP contribution in [0.4, 0.5) is 13.2 Å². The van der Waals surface area contributed by atoms with Gasteiger partial charge >= 0.3 is 12.1 Å². The highest BCUT2D eigenvalue weighted by Crippen LogP contribution is 2.43. The molecular formula is C27H30Cl2F3N3O5. The third-order valence-electron chi connectivity index (χ3n) is 7.71. The van der Waals surface area contributed by atoms with Gasteiger partial charge in [0, 0.05) is 13.0 Å². The van der Waals surface area contributed by atoms with Crippen molar-refractivity contribution in [2.75, 3.05) is 13.1 Å². The Kier molecular flexibility index (Phi) is 8.33. The molecule has 1 atom stereocenters. The number of rotatable bonds is 8. The molecule has 1 aliphatic carbocycles. The van der Waals surface area contributed by atoms with Crippen molar-refractivity contribution in [3.63, 3.8) is 0 Å². The summed E-state index contributed by atoms with van der Waals surface area (Å²) < 4.78 is 49.8. The number of carbonyl (C=O) groups is 3. The second-order valence-electron chi connectivity index (χ2n) is 11.4. The zero-order chi connectivity index (χ0) is 29.6. The molecule has 0 bridgehead atoms. The summed E-state index contributed by atoms with van der Waals surface area (Å²) in [5.41, 5.74) is -3.45. The maximum Gasteiger partial charge on any atom is 0.433 e. The van der Waals surface area contributed by atoms with Crippen molar-refractivity contribution >= 4 is 40.9 Å². The number of benzene rings is 1. The molecule has 4 rings (SSSR count). The fraction of sp³-hybridized carbons (Fsp3) is 0.556. The van der Waals surface area contributed by atoms with E-state index in [4.69, 9.17) is 27.9 Å². The lowest BCUT2D eigenvalue weighted by Gasteiger charge is -2.44. The first-order chi connectivity index (χ1) is 18.5. The zero-order valence-electron chi connectivity index (χ0n) is 22.2. The van der Waals surface area contributed by atoms with E-state index in [1.165, 1.54) is 12.1 Å². The Bertz CT molecular complexity index is 1290. The number of amides is 1. The van der Waals surface area contributed by atoms with E-state index >= 15 is 0 Å². The molecule has 2 aromatic rings. The van der Waals surface area contributed by atoms with Gasteiger partial charge in [0.25, 0.3) is 5.91 Å². The fourth-order valence-electron chi connectivity index (χ4n) is 5.52. The van der Waals surface area contributed by atoms with Gasteiger partial charge in [0.2, 0.25) is 0 Å². The van der Waals surface area contributed by atoms with Crippen LogP contribution in [0.5, 0.6) is 0 Å². The number of ketones is 1. The molecule has 0 radical (unpaired) electrons. The van der Waals surface area contributed by atoms with Crippen LogP contribution in [-0.4, -0.2) is 62.2 Å². The predicted molar refractivity (Wildman–Crippen MR) is 141 cm³/mol. The van der Waals surface area contributed by atoms with Crippen LogP contribution < -0.4 is 0 Å². The number of carbonyl (C=O) groups excluding carboxylic acids is 2. The maximum absolute atomic E-state index is 14.4.